The first-order chi connectivity index (χ1) is 13.3. The van der Waals surface area contributed by atoms with E-state index in [0.717, 1.165) is 29.7 Å². The molecule has 2 fully saturated rings. The summed E-state index contributed by atoms with van der Waals surface area (Å²) >= 11 is 0. The molecule has 0 aromatic heterocycles. The molecule has 3 atom stereocenters. The van der Waals surface area contributed by atoms with Crippen LogP contribution in [0.1, 0.15) is 23.1 Å². The average Bonchev–Trinajstić information content (AvgIpc) is 3.09. The van der Waals surface area contributed by atoms with Crippen LogP contribution in [0.15, 0.2) is 84.9 Å². The number of benzene rings is 3. The van der Waals surface area contributed by atoms with Crippen LogP contribution in [-0.4, -0.2) is 5.97 Å². The van der Waals surface area contributed by atoms with Gasteiger partial charge in [-0.1, -0.05) is 78.9 Å². The largest absolute Gasteiger partial charge is 0.432 e. The van der Waals surface area contributed by atoms with Crippen LogP contribution in [0.2, 0.25) is 0 Å². The van der Waals surface area contributed by atoms with Crippen molar-refractivity contribution in [2.75, 3.05) is 4.90 Å². The van der Waals surface area contributed by atoms with E-state index in [-0.39, 0.29) is 11.9 Å². The van der Waals surface area contributed by atoms with Crippen molar-refractivity contribution < 1.29 is 9.53 Å². The van der Waals surface area contributed by atoms with Gasteiger partial charge in [-0.3, -0.25) is 0 Å². The molecule has 2 saturated heterocycles. The summed E-state index contributed by atoms with van der Waals surface area (Å²) in [5.74, 6) is 0.0956. The maximum Gasteiger partial charge on any atom is 0.339 e. The number of ether oxygens (including phenoxy) is 1. The van der Waals surface area contributed by atoms with Crippen LogP contribution >= 0.6 is 0 Å². The summed E-state index contributed by atoms with van der Waals surface area (Å²) in [5.41, 5.74) is 3.02. The van der Waals surface area contributed by atoms with E-state index in [1.807, 2.05) is 36.4 Å². The zero-order valence-electron chi connectivity index (χ0n) is 14.8. The van der Waals surface area contributed by atoms with E-state index in [1.165, 1.54) is 5.56 Å². The molecule has 3 aromatic rings. The van der Waals surface area contributed by atoms with Gasteiger partial charge in [-0.15, -0.1) is 0 Å². The van der Waals surface area contributed by atoms with Crippen LogP contribution < -0.4 is 4.90 Å². The molecule has 3 aromatic carbocycles. The van der Waals surface area contributed by atoms with Crippen molar-refractivity contribution in [3.8, 4) is 0 Å². The highest BCUT2D eigenvalue weighted by atomic mass is 16.6. The lowest BCUT2D eigenvalue weighted by Gasteiger charge is -2.43. The molecule has 3 aliphatic rings. The lowest BCUT2D eigenvalue weighted by Crippen LogP contribution is -2.49. The molecule has 3 heteroatoms. The van der Waals surface area contributed by atoms with Crippen LogP contribution in [-0.2, 0) is 27.2 Å². The number of nitrogens with zero attached hydrogens (tertiary/aromatic N) is 1. The summed E-state index contributed by atoms with van der Waals surface area (Å²) in [6.45, 7) is 0. The second-order valence-electron chi connectivity index (χ2n) is 7.75. The molecule has 0 unspecified atom stereocenters. The van der Waals surface area contributed by atoms with Crippen molar-refractivity contribution in [1.82, 2.24) is 0 Å². The highest BCUT2D eigenvalue weighted by Gasteiger charge is 2.75. The summed E-state index contributed by atoms with van der Waals surface area (Å²) in [6.07, 6.45) is 1.70. The first kappa shape index (κ1) is 15.0. The van der Waals surface area contributed by atoms with Crippen molar-refractivity contribution >= 4 is 11.7 Å². The highest BCUT2D eigenvalue weighted by Crippen LogP contribution is 2.66. The molecular formula is C24H19NO2. The van der Waals surface area contributed by atoms with E-state index in [1.54, 1.807) is 0 Å². The van der Waals surface area contributed by atoms with Gasteiger partial charge in [0.15, 0.2) is 5.54 Å². The Kier molecular flexibility index (Phi) is 2.79. The summed E-state index contributed by atoms with van der Waals surface area (Å²) in [6, 6.07) is 28.8. The van der Waals surface area contributed by atoms with Gasteiger partial charge in [-0.05, 0) is 30.0 Å². The van der Waals surface area contributed by atoms with E-state index in [4.69, 9.17) is 4.74 Å². The number of fused-ring (bicyclic) bond motifs is 1. The van der Waals surface area contributed by atoms with Gasteiger partial charge in [0.1, 0.15) is 0 Å². The number of carbonyl (C=O) groups excluding carboxylic acids is 1. The van der Waals surface area contributed by atoms with Gasteiger partial charge in [0.05, 0.1) is 0 Å². The molecule has 27 heavy (non-hydrogen) atoms. The molecule has 0 N–H and O–H groups in total. The van der Waals surface area contributed by atoms with Gasteiger partial charge < -0.3 is 9.64 Å². The lowest BCUT2D eigenvalue weighted by atomic mass is 9.78. The van der Waals surface area contributed by atoms with Crippen molar-refractivity contribution in [2.24, 2.45) is 5.92 Å². The van der Waals surface area contributed by atoms with E-state index in [0.29, 0.717) is 0 Å². The van der Waals surface area contributed by atoms with Crippen LogP contribution in [0.3, 0.4) is 0 Å². The summed E-state index contributed by atoms with van der Waals surface area (Å²) < 4.78 is 6.30. The minimum atomic E-state index is -0.756. The quantitative estimate of drug-likeness (QED) is 0.641. The molecule has 3 aliphatic heterocycles. The van der Waals surface area contributed by atoms with E-state index in [9.17, 15) is 4.79 Å². The van der Waals surface area contributed by atoms with Crippen LogP contribution in [0, 0.1) is 5.92 Å². The minimum absolute atomic E-state index is 0.134. The number of rotatable bonds is 2. The molecule has 0 aliphatic carbocycles. The molecule has 0 spiro atoms. The number of esters is 1. The number of para-hydroxylation sites is 1. The predicted octanol–water partition coefficient (Wildman–Crippen LogP) is 4.37. The fraction of sp³-hybridized carbons (Fsp3) is 0.208. The van der Waals surface area contributed by atoms with Gasteiger partial charge in [-0.25, -0.2) is 4.79 Å². The van der Waals surface area contributed by atoms with Crippen molar-refractivity contribution in [3.05, 3.63) is 102 Å². The van der Waals surface area contributed by atoms with Crippen molar-refractivity contribution in [2.45, 2.75) is 24.1 Å². The van der Waals surface area contributed by atoms with Crippen LogP contribution in [0.5, 0.6) is 0 Å². The Morgan fingerprint density at radius 2 is 1.44 bits per heavy atom. The third kappa shape index (κ3) is 1.65. The number of hydrogen-bond acceptors (Lipinski definition) is 3. The third-order valence-electron chi connectivity index (χ3n) is 6.53. The van der Waals surface area contributed by atoms with Gasteiger partial charge in [0.2, 0.25) is 5.72 Å². The molecule has 3 nitrogen and oxygen atoms in total. The first-order valence-electron chi connectivity index (χ1n) is 9.49. The summed E-state index contributed by atoms with van der Waals surface area (Å²) in [4.78, 5) is 15.7. The third-order valence-corrected chi connectivity index (χ3v) is 6.53. The SMILES string of the molecule is O=C1O[C@]2(c3ccccc3)[C@H]3Cc4ccccc4N2[C@]1(c1ccccc1)C3. The summed E-state index contributed by atoms with van der Waals surface area (Å²) in [7, 11) is 0. The number of carbonyl (C=O) groups is 1. The fourth-order valence-electron chi connectivity index (χ4n) is 5.52. The molecule has 4 bridgehead atoms. The Bertz CT molecular complexity index is 1050. The Labute approximate surface area is 158 Å². The van der Waals surface area contributed by atoms with E-state index < -0.39 is 11.3 Å². The van der Waals surface area contributed by atoms with Crippen LogP contribution in [0.25, 0.3) is 0 Å². The first-order valence-corrected chi connectivity index (χ1v) is 9.49. The summed E-state index contributed by atoms with van der Waals surface area (Å²) in [5, 5.41) is 0. The van der Waals surface area contributed by atoms with Gasteiger partial charge in [0, 0.05) is 17.2 Å². The lowest BCUT2D eigenvalue weighted by molar-refractivity contribution is -0.164. The number of hydrogen-bond donors (Lipinski definition) is 0. The smallest absolute Gasteiger partial charge is 0.339 e. The maximum atomic E-state index is 13.4. The fourth-order valence-corrected chi connectivity index (χ4v) is 5.52. The molecule has 3 heterocycles. The molecular weight excluding hydrogens is 334 g/mol. The Morgan fingerprint density at radius 1 is 0.815 bits per heavy atom. The van der Waals surface area contributed by atoms with E-state index in [2.05, 4.69) is 53.4 Å². The zero-order chi connectivity index (χ0) is 18.1. The molecule has 0 saturated carbocycles. The maximum absolute atomic E-state index is 13.4. The topological polar surface area (TPSA) is 29.5 Å². The Balaban J connectivity index is 1.68. The number of anilines is 1. The second kappa shape index (κ2) is 5.01. The highest BCUT2D eigenvalue weighted by molar-refractivity contribution is 5.94. The van der Waals surface area contributed by atoms with Crippen molar-refractivity contribution in [3.63, 3.8) is 0 Å². The van der Waals surface area contributed by atoms with Gasteiger partial charge in [0.25, 0.3) is 0 Å². The minimum Gasteiger partial charge on any atom is -0.432 e. The molecule has 0 radical (unpaired) electrons. The predicted molar refractivity (Wildman–Crippen MR) is 103 cm³/mol. The zero-order valence-corrected chi connectivity index (χ0v) is 14.8. The monoisotopic (exact) mass is 353 g/mol. The molecule has 6 rings (SSSR count). The van der Waals surface area contributed by atoms with Gasteiger partial charge in [-0.2, -0.15) is 0 Å². The van der Waals surface area contributed by atoms with Crippen molar-refractivity contribution in [1.29, 1.82) is 0 Å². The standard InChI is InChI=1S/C24H19NO2/c26-22-23(18-10-3-1-4-11-18)16-20-15-17-9-7-8-14-21(17)25(23)24(20,27-22)19-12-5-2-6-13-19/h1-14,20H,15-16H2/t20-,23-,24+/m0/s1. The average molecular weight is 353 g/mol. The normalized spacial score (nSPS) is 30.1. The van der Waals surface area contributed by atoms with Crippen LogP contribution in [0.4, 0.5) is 5.69 Å². The Hall–Kier alpha value is -3.07. The molecule has 132 valence electrons. The van der Waals surface area contributed by atoms with E-state index >= 15 is 0 Å². The molecule has 0 amide bonds. The second-order valence-corrected chi connectivity index (χ2v) is 7.75. The Morgan fingerprint density at radius 3 is 2.19 bits per heavy atom. The van der Waals surface area contributed by atoms with Gasteiger partial charge >= 0.3 is 5.97 Å².